The third kappa shape index (κ3) is 3.75. The second-order valence-electron chi connectivity index (χ2n) is 7.89. The van der Waals surface area contributed by atoms with E-state index in [1.165, 1.54) is 10.4 Å². The minimum absolute atomic E-state index is 0.0496. The molecule has 2 aliphatic rings. The fraction of sp³-hybridized carbons (Fsp3) is 0.500. The van der Waals surface area contributed by atoms with Crippen LogP contribution >= 0.6 is 11.3 Å². The average Bonchev–Trinajstić information content (AvgIpc) is 3.38. The molecule has 3 aromatic rings. The van der Waals surface area contributed by atoms with E-state index in [4.69, 9.17) is 14.8 Å². The van der Waals surface area contributed by atoms with Crippen LogP contribution in [-0.2, 0) is 30.7 Å². The molecular formula is C22H27N5O2S. The van der Waals surface area contributed by atoms with Crippen LogP contribution in [0.2, 0.25) is 0 Å². The topological polar surface area (TPSA) is 72.3 Å². The van der Waals surface area contributed by atoms with Crippen LogP contribution in [0.3, 0.4) is 0 Å². The number of rotatable bonds is 5. The van der Waals surface area contributed by atoms with Gasteiger partial charge in [-0.15, -0.1) is 11.3 Å². The molecule has 0 saturated carbocycles. The minimum atomic E-state index is 0.0496. The van der Waals surface area contributed by atoms with Crippen LogP contribution in [0, 0.1) is 0 Å². The predicted octanol–water partition coefficient (Wildman–Crippen LogP) is 2.63. The summed E-state index contributed by atoms with van der Waals surface area (Å²) < 4.78 is 8.65. The molecule has 1 aromatic carbocycles. The smallest absolute Gasteiger partial charge is 0.274 e. The number of carbonyl (C=O) groups is 1. The van der Waals surface area contributed by atoms with Crippen LogP contribution in [-0.4, -0.2) is 57.9 Å². The normalized spacial score (nSPS) is 19.2. The third-order valence-corrected chi connectivity index (χ3v) is 7.06. The number of nitrogens with one attached hydrogen (secondary N) is 1. The molecule has 158 valence electrons. The zero-order chi connectivity index (χ0) is 20.5. The Morgan fingerprint density at radius 3 is 2.93 bits per heavy atom. The number of carbonyl (C=O) groups excluding carboxylic acids is 1. The Bertz CT molecular complexity index is 1020. The molecule has 8 heteroatoms. The van der Waals surface area contributed by atoms with Gasteiger partial charge in [0.1, 0.15) is 5.01 Å². The first-order valence-corrected chi connectivity index (χ1v) is 11.6. The van der Waals surface area contributed by atoms with Crippen LogP contribution in [0.5, 0.6) is 0 Å². The van der Waals surface area contributed by atoms with E-state index in [-0.39, 0.29) is 5.91 Å². The van der Waals surface area contributed by atoms with Crippen molar-refractivity contribution in [3.8, 4) is 0 Å². The lowest BCUT2D eigenvalue weighted by atomic mass is 9.91. The molecule has 0 spiro atoms. The Labute approximate surface area is 180 Å². The molecule has 1 amide bonds. The van der Waals surface area contributed by atoms with Crippen molar-refractivity contribution >= 4 is 27.5 Å². The Hall–Kier alpha value is -2.29. The zero-order valence-electron chi connectivity index (χ0n) is 17.3. The van der Waals surface area contributed by atoms with Gasteiger partial charge in [0.15, 0.2) is 5.69 Å². The number of amides is 1. The summed E-state index contributed by atoms with van der Waals surface area (Å²) in [6.07, 6.45) is 2.84. The van der Waals surface area contributed by atoms with E-state index in [1.54, 1.807) is 11.3 Å². The predicted molar refractivity (Wildman–Crippen MR) is 117 cm³/mol. The number of fused-ring (bicyclic) bond motifs is 2. The molecule has 0 radical (unpaired) electrons. The minimum Gasteiger partial charge on any atom is -0.378 e. The maximum absolute atomic E-state index is 13.2. The largest absolute Gasteiger partial charge is 0.378 e. The third-order valence-electron chi connectivity index (χ3n) is 6.03. The van der Waals surface area contributed by atoms with Crippen LogP contribution in [0.1, 0.15) is 40.1 Å². The van der Waals surface area contributed by atoms with Gasteiger partial charge in [0.2, 0.25) is 0 Å². The molecule has 1 aliphatic carbocycles. The Morgan fingerprint density at radius 2 is 2.13 bits per heavy atom. The standard InChI is InChI=1S/C22H27N5O2S/c1-2-27-18-8-7-15(23-14-20-24-17-5-3-4-6-19(17)30-20)13-16(18)21(25-27)22(28)26-9-11-29-12-10-26/h3-6,15,23H,2,7-14H2,1H3. The van der Waals surface area contributed by atoms with E-state index in [0.29, 0.717) is 38.0 Å². The summed E-state index contributed by atoms with van der Waals surface area (Å²) in [5, 5.41) is 9.50. The molecule has 1 saturated heterocycles. The number of benzene rings is 1. The van der Waals surface area contributed by atoms with Crippen LogP contribution < -0.4 is 5.32 Å². The van der Waals surface area contributed by atoms with Crippen molar-refractivity contribution in [2.24, 2.45) is 0 Å². The molecule has 2 aromatic heterocycles. The van der Waals surface area contributed by atoms with E-state index >= 15 is 0 Å². The summed E-state index contributed by atoms with van der Waals surface area (Å²) in [7, 11) is 0. The van der Waals surface area contributed by atoms with Crippen molar-refractivity contribution in [3.05, 3.63) is 46.2 Å². The molecule has 1 unspecified atom stereocenters. The molecule has 3 heterocycles. The Morgan fingerprint density at radius 1 is 1.30 bits per heavy atom. The first-order chi connectivity index (χ1) is 14.7. The molecular weight excluding hydrogens is 398 g/mol. The number of thiazole rings is 1. The van der Waals surface area contributed by atoms with Gasteiger partial charge in [0.05, 0.1) is 23.4 Å². The number of aromatic nitrogens is 3. The number of morpholine rings is 1. The molecule has 5 rings (SSSR count). The highest BCUT2D eigenvalue weighted by Gasteiger charge is 2.31. The lowest BCUT2D eigenvalue weighted by molar-refractivity contribution is 0.0297. The molecule has 0 bridgehead atoms. The lowest BCUT2D eigenvalue weighted by Crippen LogP contribution is -2.41. The summed E-state index contributed by atoms with van der Waals surface area (Å²) in [6, 6.07) is 8.59. The number of aryl methyl sites for hydroxylation is 1. The number of para-hydroxylation sites is 1. The molecule has 30 heavy (non-hydrogen) atoms. The molecule has 1 aliphatic heterocycles. The first-order valence-electron chi connectivity index (χ1n) is 10.8. The average molecular weight is 426 g/mol. The molecule has 1 fully saturated rings. The fourth-order valence-electron chi connectivity index (χ4n) is 4.44. The van der Waals surface area contributed by atoms with Crippen LogP contribution in [0.15, 0.2) is 24.3 Å². The maximum atomic E-state index is 13.2. The van der Waals surface area contributed by atoms with Crippen molar-refractivity contribution in [1.29, 1.82) is 0 Å². The Kier molecular flexibility index (Phi) is 5.54. The Balaban J connectivity index is 1.32. The fourth-order valence-corrected chi connectivity index (χ4v) is 5.36. The number of nitrogens with zero attached hydrogens (tertiary/aromatic N) is 4. The monoisotopic (exact) mass is 425 g/mol. The summed E-state index contributed by atoms with van der Waals surface area (Å²) >= 11 is 1.74. The van der Waals surface area contributed by atoms with Gasteiger partial charge in [-0.3, -0.25) is 9.48 Å². The van der Waals surface area contributed by atoms with Gasteiger partial charge in [-0.1, -0.05) is 12.1 Å². The molecule has 7 nitrogen and oxygen atoms in total. The zero-order valence-corrected chi connectivity index (χ0v) is 18.1. The van der Waals surface area contributed by atoms with Crippen molar-refractivity contribution in [1.82, 2.24) is 25.0 Å². The van der Waals surface area contributed by atoms with Gasteiger partial charge < -0.3 is 15.0 Å². The van der Waals surface area contributed by atoms with Crippen molar-refractivity contribution < 1.29 is 9.53 Å². The summed E-state index contributed by atoms with van der Waals surface area (Å²) in [6.45, 7) is 6.14. The number of ether oxygens (including phenoxy) is 1. The van der Waals surface area contributed by atoms with E-state index in [0.717, 1.165) is 48.4 Å². The van der Waals surface area contributed by atoms with E-state index in [1.807, 2.05) is 15.6 Å². The number of hydrogen-bond acceptors (Lipinski definition) is 6. The quantitative estimate of drug-likeness (QED) is 0.680. The van der Waals surface area contributed by atoms with Gasteiger partial charge in [-0.2, -0.15) is 5.10 Å². The maximum Gasteiger partial charge on any atom is 0.274 e. The summed E-state index contributed by atoms with van der Waals surface area (Å²) in [5.41, 5.74) is 4.06. The second-order valence-corrected chi connectivity index (χ2v) is 9.01. The second kappa shape index (κ2) is 8.45. The van der Waals surface area contributed by atoms with Crippen molar-refractivity contribution in [3.63, 3.8) is 0 Å². The molecule has 1 N–H and O–H groups in total. The first kappa shape index (κ1) is 19.7. The van der Waals surface area contributed by atoms with Crippen molar-refractivity contribution in [2.45, 2.75) is 45.3 Å². The highest BCUT2D eigenvalue weighted by atomic mass is 32.1. The van der Waals surface area contributed by atoms with E-state index in [2.05, 4.69) is 30.4 Å². The van der Waals surface area contributed by atoms with Crippen LogP contribution in [0.4, 0.5) is 0 Å². The molecule has 1 atom stereocenters. The number of hydrogen-bond donors (Lipinski definition) is 1. The van der Waals surface area contributed by atoms with Crippen LogP contribution in [0.25, 0.3) is 10.2 Å². The van der Waals surface area contributed by atoms with E-state index in [9.17, 15) is 4.79 Å². The van der Waals surface area contributed by atoms with Gasteiger partial charge >= 0.3 is 0 Å². The highest BCUT2D eigenvalue weighted by Crippen LogP contribution is 2.27. The summed E-state index contributed by atoms with van der Waals surface area (Å²) in [5.74, 6) is 0.0496. The van der Waals surface area contributed by atoms with E-state index < -0.39 is 0 Å². The highest BCUT2D eigenvalue weighted by molar-refractivity contribution is 7.18. The SMILES string of the molecule is CCn1nc(C(=O)N2CCOCC2)c2c1CCC(NCc1nc3ccccc3s1)C2. The lowest BCUT2D eigenvalue weighted by Gasteiger charge is -2.27. The van der Waals surface area contributed by atoms with Crippen molar-refractivity contribution in [2.75, 3.05) is 26.3 Å². The van der Waals surface area contributed by atoms with Gasteiger partial charge in [-0.05, 0) is 38.3 Å². The summed E-state index contributed by atoms with van der Waals surface area (Å²) in [4.78, 5) is 19.8. The van der Waals surface area contributed by atoms with Gasteiger partial charge in [0.25, 0.3) is 5.91 Å². The van der Waals surface area contributed by atoms with Gasteiger partial charge in [0, 0.05) is 43.5 Å². The van der Waals surface area contributed by atoms with Gasteiger partial charge in [-0.25, -0.2) is 4.98 Å².